The van der Waals surface area contributed by atoms with E-state index in [9.17, 15) is 4.79 Å². The molecule has 1 aliphatic rings. The largest absolute Gasteiger partial charge is 0.327 e. The van der Waals surface area contributed by atoms with E-state index in [1.165, 1.54) is 16.9 Å². The molecule has 8 heteroatoms. The van der Waals surface area contributed by atoms with Crippen molar-refractivity contribution in [2.24, 2.45) is 0 Å². The molecule has 0 saturated heterocycles. The molecule has 6 rings (SSSR count). The van der Waals surface area contributed by atoms with Gasteiger partial charge in [-0.15, -0.1) is 0 Å². The highest BCUT2D eigenvalue weighted by Crippen LogP contribution is 2.33. The van der Waals surface area contributed by atoms with E-state index in [0.717, 1.165) is 33.6 Å². The fourth-order valence-electron chi connectivity index (χ4n) is 4.32. The monoisotopic (exact) mass is 454 g/mol. The Balaban J connectivity index is 1.36. The van der Waals surface area contributed by atoms with Crippen LogP contribution in [0.15, 0.2) is 73.3 Å². The van der Waals surface area contributed by atoms with Crippen molar-refractivity contribution < 1.29 is 4.79 Å². The van der Waals surface area contributed by atoms with Gasteiger partial charge in [0, 0.05) is 30.4 Å². The highest BCUT2D eigenvalue weighted by Gasteiger charge is 2.33. The van der Waals surface area contributed by atoms with Crippen LogP contribution >= 0.6 is 11.3 Å². The number of aryl methyl sites for hydroxylation is 2. The van der Waals surface area contributed by atoms with Gasteiger partial charge in [0.1, 0.15) is 10.7 Å². The summed E-state index contributed by atoms with van der Waals surface area (Å²) in [4.78, 5) is 20.6. The molecule has 1 aliphatic heterocycles. The summed E-state index contributed by atoms with van der Waals surface area (Å²) in [6.45, 7) is 4.98. The number of carbonyl (C=O) groups excluding carboxylic acids is 1. The number of fused-ring (bicyclic) bond motifs is 1. The van der Waals surface area contributed by atoms with E-state index < -0.39 is 0 Å². The lowest BCUT2D eigenvalue weighted by Gasteiger charge is -2.17. The lowest BCUT2D eigenvalue weighted by molar-refractivity contribution is 0.0753. The third-order valence-electron chi connectivity index (χ3n) is 5.92. The van der Waals surface area contributed by atoms with Crippen molar-refractivity contribution in [2.45, 2.75) is 26.9 Å². The summed E-state index contributed by atoms with van der Waals surface area (Å²) in [7, 11) is 0. The maximum atomic E-state index is 13.5. The van der Waals surface area contributed by atoms with Crippen LogP contribution in [0.5, 0.6) is 0 Å². The van der Waals surface area contributed by atoms with Gasteiger partial charge in [-0.2, -0.15) is 5.10 Å². The predicted octanol–water partition coefficient (Wildman–Crippen LogP) is 4.68. The second-order valence-electron chi connectivity index (χ2n) is 8.25. The Hall–Kier alpha value is -3.91. The van der Waals surface area contributed by atoms with Crippen LogP contribution in [0.1, 0.15) is 32.2 Å². The maximum Gasteiger partial charge on any atom is 0.266 e. The van der Waals surface area contributed by atoms with E-state index in [2.05, 4.69) is 34.7 Å². The van der Waals surface area contributed by atoms with E-state index in [-0.39, 0.29) is 5.91 Å². The molecule has 0 radical (unpaired) electrons. The first-order valence-corrected chi connectivity index (χ1v) is 11.6. The standard InChI is InChI=1S/C25H22N6OS/c1-17-8-7-9-19(14-17)31-23(28-10-3-4-11-28)20-15-30(16-21(20)27-31)24(32)22-18(2)26-25(33-22)29-12-5-6-13-29/h3-14H,15-16H2,1-2H3. The van der Waals surface area contributed by atoms with Gasteiger partial charge in [0.05, 0.1) is 30.2 Å². The highest BCUT2D eigenvalue weighted by molar-refractivity contribution is 7.16. The minimum absolute atomic E-state index is 0.00182. The van der Waals surface area contributed by atoms with Gasteiger partial charge < -0.3 is 14.0 Å². The molecule has 164 valence electrons. The number of benzene rings is 1. The number of thiazole rings is 1. The maximum absolute atomic E-state index is 13.5. The van der Waals surface area contributed by atoms with Crippen molar-refractivity contribution in [3.8, 4) is 16.6 Å². The molecule has 7 nitrogen and oxygen atoms in total. The fraction of sp³-hybridized carbons (Fsp3) is 0.160. The summed E-state index contributed by atoms with van der Waals surface area (Å²) in [5, 5.41) is 5.74. The normalized spacial score (nSPS) is 13.0. The molecular formula is C25H22N6OS. The van der Waals surface area contributed by atoms with Crippen molar-refractivity contribution in [3.63, 3.8) is 0 Å². The van der Waals surface area contributed by atoms with Crippen molar-refractivity contribution >= 4 is 17.2 Å². The Bertz CT molecular complexity index is 1460. The quantitative estimate of drug-likeness (QED) is 0.396. The first-order valence-electron chi connectivity index (χ1n) is 10.8. The Labute approximate surface area is 195 Å². The molecule has 0 aliphatic carbocycles. The number of amides is 1. The van der Waals surface area contributed by atoms with Crippen LogP contribution in [0.2, 0.25) is 0 Å². The van der Waals surface area contributed by atoms with Gasteiger partial charge in [-0.1, -0.05) is 23.5 Å². The molecule has 0 unspecified atom stereocenters. The molecule has 0 saturated carbocycles. The van der Waals surface area contributed by atoms with E-state index in [0.29, 0.717) is 18.0 Å². The number of nitrogens with zero attached hydrogens (tertiary/aromatic N) is 6. The van der Waals surface area contributed by atoms with Gasteiger partial charge in [-0.3, -0.25) is 4.79 Å². The van der Waals surface area contributed by atoms with Gasteiger partial charge >= 0.3 is 0 Å². The third kappa shape index (κ3) is 3.30. The van der Waals surface area contributed by atoms with E-state index >= 15 is 0 Å². The van der Waals surface area contributed by atoms with Gasteiger partial charge in [-0.25, -0.2) is 9.67 Å². The zero-order valence-corrected chi connectivity index (χ0v) is 19.2. The molecule has 1 aromatic carbocycles. The second-order valence-corrected chi connectivity index (χ2v) is 9.23. The first kappa shape index (κ1) is 19.8. The lowest BCUT2D eigenvalue weighted by atomic mass is 10.2. The summed E-state index contributed by atoms with van der Waals surface area (Å²) >= 11 is 1.43. The Morgan fingerprint density at radius 3 is 2.39 bits per heavy atom. The third-order valence-corrected chi connectivity index (χ3v) is 7.08. The average Bonchev–Trinajstić information content (AvgIpc) is 3.61. The van der Waals surface area contributed by atoms with Gasteiger partial charge in [0.25, 0.3) is 5.91 Å². The molecule has 0 spiro atoms. The Morgan fingerprint density at radius 2 is 1.67 bits per heavy atom. The van der Waals surface area contributed by atoms with Gasteiger partial charge in [0.15, 0.2) is 5.13 Å². The Morgan fingerprint density at radius 1 is 0.939 bits per heavy atom. The second kappa shape index (κ2) is 7.60. The fourth-order valence-corrected chi connectivity index (χ4v) is 5.32. The zero-order chi connectivity index (χ0) is 22.5. The molecule has 0 fully saturated rings. The summed E-state index contributed by atoms with van der Waals surface area (Å²) < 4.78 is 6.00. The molecule has 0 bridgehead atoms. The molecule has 0 atom stereocenters. The minimum Gasteiger partial charge on any atom is -0.327 e. The van der Waals surface area contributed by atoms with Gasteiger partial charge in [-0.05, 0) is 55.8 Å². The summed E-state index contributed by atoms with van der Waals surface area (Å²) in [5.41, 5.74) is 4.96. The first-order chi connectivity index (χ1) is 16.1. The SMILES string of the molecule is Cc1cccc(-n2nc3c(c2-n2cccc2)CN(C(=O)c2sc(-n4cccc4)nc2C)C3)c1. The van der Waals surface area contributed by atoms with Crippen LogP contribution in [0.4, 0.5) is 0 Å². The number of hydrogen-bond acceptors (Lipinski definition) is 4. The van der Waals surface area contributed by atoms with Crippen LogP contribution in [0.3, 0.4) is 0 Å². The van der Waals surface area contributed by atoms with Crippen LogP contribution < -0.4 is 0 Å². The molecule has 5 heterocycles. The topological polar surface area (TPSA) is 60.9 Å². The number of aromatic nitrogens is 5. The average molecular weight is 455 g/mol. The smallest absolute Gasteiger partial charge is 0.266 e. The number of rotatable bonds is 4. The molecule has 1 amide bonds. The van der Waals surface area contributed by atoms with Crippen molar-refractivity contribution in [3.05, 3.63) is 101 Å². The van der Waals surface area contributed by atoms with Crippen molar-refractivity contribution in [1.82, 2.24) is 28.8 Å². The Kier molecular flexibility index (Phi) is 4.55. The van der Waals surface area contributed by atoms with Gasteiger partial charge in [0.2, 0.25) is 0 Å². The van der Waals surface area contributed by atoms with E-state index in [1.54, 1.807) is 0 Å². The highest BCUT2D eigenvalue weighted by atomic mass is 32.1. The van der Waals surface area contributed by atoms with Crippen LogP contribution in [-0.2, 0) is 13.1 Å². The lowest BCUT2D eigenvalue weighted by Crippen LogP contribution is -2.26. The molecule has 33 heavy (non-hydrogen) atoms. The molecule has 4 aromatic heterocycles. The molecular weight excluding hydrogens is 432 g/mol. The van der Waals surface area contributed by atoms with Crippen LogP contribution in [-0.4, -0.2) is 34.7 Å². The summed E-state index contributed by atoms with van der Waals surface area (Å²) in [5.74, 6) is 0.979. The van der Waals surface area contributed by atoms with Crippen LogP contribution in [0, 0.1) is 13.8 Å². The van der Waals surface area contributed by atoms with Crippen molar-refractivity contribution in [2.75, 3.05) is 0 Å². The van der Waals surface area contributed by atoms with Crippen LogP contribution in [0.25, 0.3) is 16.6 Å². The van der Waals surface area contributed by atoms with E-state index in [1.807, 2.05) is 76.2 Å². The minimum atomic E-state index is 0.00182. The number of carbonyl (C=O) groups is 1. The number of hydrogen-bond donors (Lipinski definition) is 0. The summed E-state index contributed by atoms with van der Waals surface area (Å²) in [6, 6.07) is 16.2. The van der Waals surface area contributed by atoms with Crippen molar-refractivity contribution in [1.29, 1.82) is 0 Å². The predicted molar refractivity (Wildman–Crippen MR) is 127 cm³/mol. The molecule has 0 N–H and O–H groups in total. The zero-order valence-electron chi connectivity index (χ0n) is 18.3. The summed E-state index contributed by atoms with van der Waals surface area (Å²) in [6.07, 6.45) is 7.92. The molecule has 5 aromatic rings. The van der Waals surface area contributed by atoms with E-state index in [4.69, 9.17) is 5.10 Å².